The van der Waals surface area contributed by atoms with E-state index < -0.39 is 0 Å². The lowest BCUT2D eigenvalue weighted by Crippen LogP contribution is -2.12. The van der Waals surface area contributed by atoms with Crippen LogP contribution in [-0.2, 0) is 0 Å². The molecule has 15 heavy (non-hydrogen) atoms. The third kappa shape index (κ3) is 1.20. The Bertz CT molecular complexity index is 321. The van der Waals surface area contributed by atoms with Gasteiger partial charge in [0.2, 0.25) is 0 Å². The zero-order chi connectivity index (χ0) is 10.8. The van der Waals surface area contributed by atoms with E-state index >= 15 is 0 Å². The second kappa shape index (κ2) is 2.90. The van der Waals surface area contributed by atoms with Crippen LogP contribution in [0.2, 0.25) is 0 Å². The predicted octanol–water partition coefficient (Wildman–Crippen LogP) is 4.42. The molecule has 3 aliphatic carbocycles. The molecule has 0 aliphatic heterocycles. The molecule has 0 aromatic rings. The maximum atomic E-state index is 2.51. The first-order valence-corrected chi connectivity index (χ1v) is 6.72. The van der Waals surface area contributed by atoms with Crippen LogP contribution < -0.4 is 0 Å². The van der Waals surface area contributed by atoms with Crippen molar-refractivity contribution in [1.29, 1.82) is 0 Å². The second-order valence-electron chi connectivity index (χ2n) is 6.84. The SMILES string of the molecule is CC1=C2CC[C@H](C)C2[C@@H]2[C@H](CC1)C2(C)C. The van der Waals surface area contributed by atoms with Gasteiger partial charge in [-0.25, -0.2) is 0 Å². The molecule has 2 fully saturated rings. The van der Waals surface area contributed by atoms with Gasteiger partial charge in [0, 0.05) is 0 Å². The fraction of sp³-hybridized carbons (Fsp3) is 0.867. The Hall–Kier alpha value is -0.260. The lowest BCUT2D eigenvalue weighted by Gasteiger charge is -2.20. The van der Waals surface area contributed by atoms with Gasteiger partial charge in [-0.3, -0.25) is 0 Å². The minimum absolute atomic E-state index is 0.662. The maximum Gasteiger partial charge on any atom is -0.0138 e. The third-order valence-corrected chi connectivity index (χ3v) is 5.79. The van der Waals surface area contributed by atoms with Crippen molar-refractivity contribution < 1.29 is 0 Å². The van der Waals surface area contributed by atoms with E-state index in [1.54, 1.807) is 5.57 Å². The van der Waals surface area contributed by atoms with Gasteiger partial charge in [-0.05, 0) is 61.7 Å². The number of fused-ring (bicyclic) bond motifs is 3. The topological polar surface area (TPSA) is 0 Å². The summed E-state index contributed by atoms with van der Waals surface area (Å²) in [5.41, 5.74) is 4.29. The first kappa shape index (κ1) is 9.93. The molecule has 0 spiro atoms. The van der Waals surface area contributed by atoms with Crippen LogP contribution in [-0.4, -0.2) is 0 Å². The average molecular weight is 204 g/mol. The summed E-state index contributed by atoms with van der Waals surface area (Å²) in [6.45, 7) is 9.90. The van der Waals surface area contributed by atoms with Crippen LogP contribution in [0.3, 0.4) is 0 Å². The summed E-state index contributed by atoms with van der Waals surface area (Å²) in [7, 11) is 0. The number of rotatable bonds is 0. The zero-order valence-electron chi connectivity index (χ0n) is 10.6. The highest BCUT2D eigenvalue weighted by Gasteiger charge is 2.62. The van der Waals surface area contributed by atoms with Crippen LogP contribution in [0.1, 0.15) is 53.4 Å². The minimum Gasteiger partial charge on any atom is -0.0738 e. The molecule has 2 saturated carbocycles. The lowest BCUT2D eigenvalue weighted by atomic mass is 9.85. The van der Waals surface area contributed by atoms with Crippen molar-refractivity contribution in [3.05, 3.63) is 11.1 Å². The van der Waals surface area contributed by atoms with Gasteiger partial charge in [0.1, 0.15) is 0 Å². The second-order valence-corrected chi connectivity index (χ2v) is 6.84. The highest BCUT2D eigenvalue weighted by molar-refractivity contribution is 5.29. The predicted molar refractivity (Wildman–Crippen MR) is 64.6 cm³/mol. The Balaban J connectivity index is 1.99. The van der Waals surface area contributed by atoms with Gasteiger partial charge in [-0.2, -0.15) is 0 Å². The average Bonchev–Trinajstić information content (AvgIpc) is 2.55. The molecule has 0 N–H and O–H groups in total. The summed E-state index contributed by atoms with van der Waals surface area (Å²) >= 11 is 0. The summed E-state index contributed by atoms with van der Waals surface area (Å²) < 4.78 is 0. The van der Waals surface area contributed by atoms with Gasteiger partial charge in [-0.1, -0.05) is 31.9 Å². The van der Waals surface area contributed by atoms with Gasteiger partial charge < -0.3 is 0 Å². The van der Waals surface area contributed by atoms with E-state index in [-0.39, 0.29) is 0 Å². The van der Waals surface area contributed by atoms with Crippen LogP contribution in [0, 0.1) is 29.1 Å². The summed E-state index contributed by atoms with van der Waals surface area (Å²) in [6.07, 6.45) is 5.73. The molecular weight excluding hydrogens is 180 g/mol. The smallest absolute Gasteiger partial charge is 0.0138 e. The van der Waals surface area contributed by atoms with Crippen molar-refractivity contribution in [3.63, 3.8) is 0 Å². The molecule has 0 radical (unpaired) electrons. The Morgan fingerprint density at radius 1 is 1.13 bits per heavy atom. The van der Waals surface area contributed by atoms with Crippen molar-refractivity contribution in [2.24, 2.45) is 29.1 Å². The molecule has 0 heteroatoms. The van der Waals surface area contributed by atoms with Crippen molar-refractivity contribution in [2.45, 2.75) is 53.4 Å². The Labute approximate surface area is 94.1 Å². The molecular formula is C15H24. The summed E-state index contributed by atoms with van der Waals surface area (Å²) in [4.78, 5) is 0. The van der Waals surface area contributed by atoms with Crippen LogP contribution >= 0.6 is 0 Å². The normalized spacial score (nSPS) is 47.2. The van der Waals surface area contributed by atoms with Crippen LogP contribution in [0.5, 0.6) is 0 Å². The molecule has 1 unspecified atom stereocenters. The van der Waals surface area contributed by atoms with Crippen LogP contribution in [0.4, 0.5) is 0 Å². The number of hydrogen-bond donors (Lipinski definition) is 0. The largest absolute Gasteiger partial charge is 0.0738 e. The van der Waals surface area contributed by atoms with Crippen LogP contribution in [0.15, 0.2) is 11.1 Å². The monoisotopic (exact) mass is 204 g/mol. The third-order valence-electron chi connectivity index (χ3n) is 5.79. The standard InChI is InChI=1S/C15H24/c1-9-6-8-12-14(15(12,3)4)13-10(2)5-7-11(9)13/h10,12-14H,5-8H2,1-4H3/t10-,12-,13?,14-/m0/s1. The maximum absolute atomic E-state index is 2.51. The van der Waals surface area contributed by atoms with E-state index in [0.29, 0.717) is 5.41 Å². The quantitative estimate of drug-likeness (QED) is 0.513. The summed E-state index contributed by atoms with van der Waals surface area (Å²) in [6, 6.07) is 0. The van der Waals surface area contributed by atoms with Gasteiger partial charge in [-0.15, -0.1) is 0 Å². The Morgan fingerprint density at radius 2 is 1.87 bits per heavy atom. The molecule has 0 amide bonds. The van der Waals surface area contributed by atoms with Gasteiger partial charge in [0.15, 0.2) is 0 Å². The molecule has 84 valence electrons. The summed E-state index contributed by atoms with van der Waals surface area (Å²) in [5, 5.41) is 0. The van der Waals surface area contributed by atoms with E-state index in [1.807, 2.05) is 5.57 Å². The highest BCUT2D eigenvalue weighted by atomic mass is 14.7. The fourth-order valence-electron chi connectivity index (χ4n) is 4.73. The molecule has 0 heterocycles. The molecule has 0 aromatic heterocycles. The minimum atomic E-state index is 0.662. The lowest BCUT2D eigenvalue weighted by molar-refractivity contribution is 0.362. The van der Waals surface area contributed by atoms with Crippen molar-refractivity contribution in [1.82, 2.24) is 0 Å². The Morgan fingerprint density at radius 3 is 2.60 bits per heavy atom. The molecule has 3 rings (SSSR count). The van der Waals surface area contributed by atoms with Gasteiger partial charge in [0.05, 0.1) is 0 Å². The summed E-state index contributed by atoms with van der Waals surface area (Å²) in [5.74, 6) is 3.99. The fourth-order valence-corrected chi connectivity index (χ4v) is 4.73. The molecule has 0 saturated heterocycles. The number of hydrogen-bond acceptors (Lipinski definition) is 0. The van der Waals surface area contributed by atoms with Crippen molar-refractivity contribution >= 4 is 0 Å². The van der Waals surface area contributed by atoms with E-state index in [0.717, 1.165) is 23.7 Å². The van der Waals surface area contributed by atoms with Crippen LogP contribution in [0.25, 0.3) is 0 Å². The first-order valence-electron chi connectivity index (χ1n) is 6.72. The molecule has 0 bridgehead atoms. The van der Waals surface area contributed by atoms with Crippen molar-refractivity contribution in [3.8, 4) is 0 Å². The van der Waals surface area contributed by atoms with E-state index in [2.05, 4.69) is 27.7 Å². The molecule has 3 aliphatic rings. The Kier molecular flexibility index (Phi) is 1.92. The zero-order valence-corrected chi connectivity index (χ0v) is 10.6. The van der Waals surface area contributed by atoms with E-state index in [1.165, 1.54) is 25.7 Å². The molecule has 0 nitrogen and oxygen atoms in total. The van der Waals surface area contributed by atoms with Gasteiger partial charge in [0.25, 0.3) is 0 Å². The van der Waals surface area contributed by atoms with Crippen molar-refractivity contribution in [2.75, 3.05) is 0 Å². The van der Waals surface area contributed by atoms with E-state index in [4.69, 9.17) is 0 Å². The molecule has 0 aromatic carbocycles. The molecule has 4 atom stereocenters. The van der Waals surface area contributed by atoms with Gasteiger partial charge >= 0.3 is 0 Å². The van der Waals surface area contributed by atoms with E-state index in [9.17, 15) is 0 Å². The highest BCUT2D eigenvalue weighted by Crippen LogP contribution is 2.69. The number of allylic oxidation sites excluding steroid dienone is 2. The first-order chi connectivity index (χ1) is 7.03.